The fourth-order valence-electron chi connectivity index (χ4n) is 3.45. The summed E-state index contributed by atoms with van der Waals surface area (Å²) in [7, 11) is -3.54. The van der Waals surface area contributed by atoms with E-state index in [2.05, 4.69) is 10.6 Å². The number of carbonyl (C=O) groups is 1. The molecule has 0 unspecified atom stereocenters. The van der Waals surface area contributed by atoms with Crippen LogP contribution in [0.15, 0.2) is 41.3 Å². The summed E-state index contributed by atoms with van der Waals surface area (Å²) in [5.74, 6) is -0.221. The molecule has 0 radical (unpaired) electrons. The number of carbonyl (C=O) groups excluding carboxylic acids is 1. The predicted molar refractivity (Wildman–Crippen MR) is 117 cm³/mol. The van der Waals surface area contributed by atoms with Gasteiger partial charge in [-0.15, -0.1) is 0 Å². The van der Waals surface area contributed by atoms with Gasteiger partial charge in [-0.25, -0.2) is 8.42 Å². The van der Waals surface area contributed by atoms with Crippen molar-refractivity contribution in [1.29, 1.82) is 0 Å². The third kappa shape index (κ3) is 5.16. The molecule has 0 spiro atoms. The lowest BCUT2D eigenvalue weighted by atomic mass is 10.1. The number of aryl methyl sites for hydroxylation is 3. The summed E-state index contributed by atoms with van der Waals surface area (Å²) in [5, 5.41) is 6.00. The topological polar surface area (TPSA) is 78.5 Å². The largest absolute Gasteiger partial charge is 0.376 e. The lowest BCUT2D eigenvalue weighted by molar-refractivity contribution is -0.114. The van der Waals surface area contributed by atoms with Crippen molar-refractivity contribution in [2.45, 2.75) is 44.9 Å². The second-order valence-electron chi connectivity index (χ2n) is 7.66. The van der Waals surface area contributed by atoms with Crippen LogP contribution in [-0.4, -0.2) is 38.3 Å². The first-order valence-electron chi connectivity index (χ1n) is 9.99. The highest BCUT2D eigenvalue weighted by atomic mass is 32.2. The molecule has 2 aromatic carbocycles. The molecule has 1 aliphatic heterocycles. The molecule has 1 aliphatic rings. The number of rotatable bonds is 6. The summed E-state index contributed by atoms with van der Waals surface area (Å²) in [6, 6.07) is 11.0. The minimum atomic E-state index is -3.54. The van der Waals surface area contributed by atoms with Gasteiger partial charge in [-0.2, -0.15) is 4.31 Å². The zero-order valence-electron chi connectivity index (χ0n) is 17.3. The van der Waals surface area contributed by atoms with Crippen molar-refractivity contribution in [3.63, 3.8) is 0 Å². The molecule has 2 N–H and O–H groups in total. The monoisotopic (exact) mass is 415 g/mol. The number of nitrogens with one attached hydrogen (secondary N) is 2. The van der Waals surface area contributed by atoms with Crippen molar-refractivity contribution in [3.8, 4) is 0 Å². The molecule has 0 bridgehead atoms. The number of nitrogens with zero attached hydrogens (tertiary/aromatic N) is 1. The van der Waals surface area contributed by atoms with Gasteiger partial charge in [-0.3, -0.25) is 4.79 Å². The summed E-state index contributed by atoms with van der Waals surface area (Å²) in [5.41, 5.74) is 4.44. The highest BCUT2D eigenvalue weighted by Crippen LogP contribution is 2.25. The zero-order valence-corrected chi connectivity index (χ0v) is 18.1. The standard InChI is InChI=1S/C22H29N3O3S/c1-16-7-8-17(2)20(13-16)23-15-22(26)24-21-14-19(10-9-18(21)3)29(27,28)25-11-5-4-6-12-25/h7-10,13-14,23H,4-6,11-12,15H2,1-3H3,(H,24,26). The molecule has 156 valence electrons. The lowest BCUT2D eigenvalue weighted by Gasteiger charge is -2.26. The summed E-state index contributed by atoms with van der Waals surface area (Å²) in [6.07, 6.45) is 2.84. The molecule has 1 fully saturated rings. The number of sulfonamides is 1. The zero-order chi connectivity index (χ0) is 21.0. The van der Waals surface area contributed by atoms with E-state index in [0.717, 1.165) is 41.6 Å². The first-order valence-corrected chi connectivity index (χ1v) is 11.4. The van der Waals surface area contributed by atoms with E-state index in [4.69, 9.17) is 0 Å². The maximum atomic E-state index is 12.9. The van der Waals surface area contributed by atoms with Crippen LogP contribution in [0.3, 0.4) is 0 Å². The van der Waals surface area contributed by atoms with Crippen LogP contribution in [0.5, 0.6) is 0 Å². The normalized spacial score (nSPS) is 15.1. The van der Waals surface area contributed by atoms with Crippen LogP contribution in [0.2, 0.25) is 0 Å². The Kier molecular flexibility index (Phi) is 6.59. The van der Waals surface area contributed by atoms with Crippen LogP contribution in [0, 0.1) is 20.8 Å². The molecule has 1 saturated heterocycles. The van der Waals surface area contributed by atoms with E-state index in [9.17, 15) is 13.2 Å². The molecular weight excluding hydrogens is 386 g/mol. The van der Waals surface area contributed by atoms with Crippen molar-refractivity contribution in [1.82, 2.24) is 4.31 Å². The maximum Gasteiger partial charge on any atom is 0.243 e. The van der Waals surface area contributed by atoms with E-state index in [0.29, 0.717) is 18.8 Å². The van der Waals surface area contributed by atoms with Crippen LogP contribution in [-0.2, 0) is 14.8 Å². The van der Waals surface area contributed by atoms with Crippen LogP contribution >= 0.6 is 0 Å². The number of hydrogen-bond acceptors (Lipinski definition) is 4. The average molecular weight is 416 g/mol. The summed E-state index contributed by atoms with van der Waals surface area (Å²) in [4.78, 5) is 12.7. The highest BCUT2D eigenvalue weighted by molar-refractivity contribution is 7.89. The van der Waals surface area contributed by atoms with Crippen molar-refractivity contribution in [2.75, 3.05) is 30.3 Å². The Morgan fingerprint density at radius 2 is 1.59 bits per heavy atom. The first kappa shape index (κ1) is 21.3. The molecule has 1 amide bonds. The molecule has 1 heterocycles. The minimum Gasteiger partial charge on any atom is -0.376 e. The summed E-state index contributed by atoms with van der Waals surface area (Å²) in [6.45, 7) is 7.05. The Morgan fingerprint density at radius 1 is 0.931 bits per heavy atom. The average Bonchev–Trinajstić information content (AvgIpc) is 2.71. The Hall–Kier alpha value is -2.38. The summed E-state index contributed by atoms with van der Waals surface area (Å²) < 4.78 is 27.4. The predicted octanol–water partition coefficient (Wildman–Crippen LogP) is 3.84. The molecular formula is C22H29N3O3S. The molecule has 0 atom stereocenters. The van der Waals surface area contributed by atoms with E-state index in [-0.39, 0.29) is 17.3 Å². The Balaban J connectivity index is 1.71. The van der Waals surface area contributed by atoms with E-state index >= 15 is 0 Å². The molecule has 6 nitrogen and oxygen atoms in total. The minimum absolute atomic E-state index is 0.104. The van der Waals surface area contributed by atoms with E-state index in [1.807, 2.05) is 39.0 Å². The smallest absolute Gasteiger partial charge is 0.243 e. The maximum absolute atomic E-state index is 12.9. The van der Waals surface area contributed by atoms with Gasteiger partial charge >= 0.3 is 0 Å². The van der Waals surface area contributed by atoms with E-state index in [1.165, 1.54) is 4.31 Å². The second kappa shape index (κ2) is 8.97. The molecule has 0 aliphatic carbocycles. The fourth-order valence-corrected chi connectivity index (χ4v) is 4.99. The van der Waals surface area contributed by atoms with Gasteiger partial charge in [0.2, 0.25) is 15.9 Å². The van der Waals surface area contributed by atoms with Gasteiger partial charge in [-0.05, 0) is 68.5 Å². The number of piperidine rings is 1. The fraction of sp³-hybridized carbons (Fsp3) is 0.409. The number of benzene rings is 2. The molecule has 3 rings (SSSR count). The SMILES string of the molecule is Cc1ccc(C)c(NCC(=O)Nc2cc(S(=O)(=O)N3CCCCC3)ccc2C)c1. The van der Waals surface area contributed by atoms with Gasteiger partial charge in [0.1, 0.15) is 0 Å². The van der Waals surface area contributed by atoms with Crippen LogP contribution in [0.4, 0.5) is 11.4 Å². The molecule has 7 heteroatoms. The van der Waals surface area contributed by atoms with Gasteiger partial charge in [0.25, 0.3) is 0 Å². The summed E-state index contributed by atoms with van der Waals surface area (Å²) >= 11 is 0. The van der Waals surface area contributed by atoms with Crippen molar-refractivity contribution in [2.24, 2.45) is 0 Å². The van der Waals surface area contributed by atoms with Crippen LogP contribution in [0.25, 0.3) is 0 Å². The quantitative estimate of drug-likeness (QED) is 0.751. The van der Waals surface area contributed by atoms with E-state index in [1.54, 1.807) is 18.2 Å². The van der Waals surface area contributed by atoms with Gasteiger partial charge in [0.15, 0.2) is 0 Å². The van der Waals surface area contributed by atoms with Crippen molar-refractivity contribution < 1.29 is 13.2 Å². The van der Waals surface area contributed by atoms with Gasteiger partial charge in [0.05, 0.1) is 11.4 Å². The molecule has 29 heavy (non-hydrogen) atoms. The second-order valence-corrected chi connectivity index (χ2v) is 9.60. The van der Waals surface area contributed by atoms with Gasteiger partial charge < -0.3 is 10.6 Å². The number of amides is 1. The van der Waals surface area contributed by atoms with Gasteiger partial charge in [-0.1, -0.05) is 24.6 Å². The molecule has 0 aromatic heterocycles. The third-order valence-corrected chi connectivity index (χ3v) is 7.16. The third-order valence-electron chi connectivity index (χ3n) is 5.27. The number of anilines is 2. The Bertz CT molecular complexity index is 996. The van der Waals surface area contributed by atoms with Gasteiger partial charge in [0, 0.05) is 24.5 Å². The molecule has 0 saturated carbocycles. The lowest BCUT2D eigenvalue weighted by Crippen LogP contribution is -2.35. The number of hydrogen-bond donors (Lipinski definition) is 2. The van der Waals surface area contributed by atoms with Crippen LogP contribution in [0.1, 0.15) is 36.0 Å². The highest BCUT2D eigenvalue weighted by Gasteiger charge is 2.26. The van der Waals surface area contributed by atoms with Crippen LogP contribution < -0.4 is 10.6 Å². The first-order chi connectivity index (χ1) is 13.8. The van der Waals surface area contributed by atoms with E-state index < -0.39 is 10.0 Å². The van der Waals surface area contributed by atoms with Crippen molar-refractivity contribution in [3.05, 3.63) is 53.1 Å². The van der Waals surface area contributed by atoms with Crippen molar-refractivity contribution >= 4 is 27.3 Å². The Morgan fingerprint density at radius 3 is 2.31 bits per heavy atom. The Labute approximate surface area is 173 Å². The molecule has 2 aromatic rings.